The summed E-state index contributed by atoms with van der Waals surface area (Å²) in [5.41, 5.74) is 1.05. The van der Waals surface area contributed by atoms with Crippen LogP contribution in [0.4, 0.5) is 0 Å². The van der Waals surface area contributed by atoms with Crippen LogP contribution in [-0.2, 0) is 0 Å². The molecule has 0 saturated heterocycles. The fourth-order valence-corrected chi connectivity index (χ4v) is 2.15. The number of nitrogens with zero attached hydrogens (tertiary/aromatic N) is 4. The molecule has 0 unspecified atom stereocenters. The molecule has 114 valence electrons. The highest BCUT2D eigenvalue weighted by Crippen LogP contribution is 2.25. The number of pyridine rings is 1. The quantitative estimate of drug-likeness (QED) is 0.753. The predicted molar refractivity (Wildman–Crippen MR) is 78.5 cm³/mol. The summed E-state index contributed by atoms with van der Waals surface area (Å²) in [6.45, 7) is 0. The molecule has 0 amide bonds. The van der Waals surface area contributed by atoms with Crippen molar-refractivity contribution in [1.82, 2.24) is 20.0 Å². The minimum absolute atomic E-state index is 0.0653. The number of benzene rings is 1. The average molecular weight is 310 g/mol. The molecule has 8 heteroatoms. The first-order chi connectivity index (χ1) is 11.1. The number of hydrogen-bond acceptors (Lipinski definition) is 5. The lowest BCUT2D eigenvalue weighted by molar-refractivity contribution is 0.0683. The number of carboxylic acids is 2. The van der Waals surface area contributed by atoms with E-state index in [-0.39, 0.29) is 17.0 Å². The topological polar surface area (TPSA) is 118 Å². The Hall–Kier alpha value is -3.55. The van der Waals surface area contributed by atoms with Gasteiger partial charge in [-0.1, -0.05) is 11.3 Å². The first-order valence-corrected chi connectivity index (χ1v) is 6.51. The molecule has 2 aromatic heterocycles. The first kappa shape index (κ1) is 14.4. The summed E-state index contributed by atoms with van der Waals surface area (Å²) in [7, 11) is 0. The van der Waals surface area contributed by atoms with E-state index in [9.17, 15) is 14.7 Å². The van der Waals surface area contributed by atoms with E-state index in [1.54, 1.807) is 24.3 Å². The second-order valence-electron chi connectivity index (χ2n) is 4.59. The fourth-order valence-electron chi connectivity index (χ4n) is 2.15. The third kappa shape index (κ3) is 2.64. The fraction of sp³-hybridized carbons (Fsp3) is 0. The zero-order valence-electron chi connectivity index (χ0n) is 11.6. The van der Waals surface area contributed by atoms with Gasteiger partial charge in [0.25, 0.3) is 0 Å². The molecular formula is C15H10N4O4. The Kier molecular flexibility index (Phi) is 3.55. The second kappa shape index (κ2) is 5.68. The van der Waals surface area contributed by atoms with Crippen LogP contribution in [-0.4, -0.2) is 42.1 Å². The summed E-state index contributed by atoms with van der Waals surface area (Å²) in [5, 5.41) is 25.9. The van der Waals surface area contributed by atoms with Crippen LogP contribution in [0.15, 0.2) is 48.8 Å². The molecule has 2 heterocycles. The van der Waals surface area contributed by atoms with Gasteiger partial charge in [-0.2, -0.15) is 0 Å². The van der Waals surface area contributed by atoms with Crippen molar-refractivity contribution in [3.63, 3.8) is 0 Å². The lowest BCUT2D eigenvalue weighted by Crippen LogP contribution is -2.04. The predicted octanol–water partition coefficient (Wildman–Crippen LogP) is 1.73. The summed E-state index contributed by atoms with van der Waals surface area (Å²) in [6.07, 6.45) is 3.04. The Labute approximate surface area is 129 Å². The average Bonchev–Trinajstić information content (AvgIpc) is 3.01. The van der Waals surface area contributed by atoms with Gasteiger partial charge >= 0.3 is 11.9 Å². The number of carbonyl (C=O) groups is 2. The molecule has 0 bridgehead atoms. The van der Waals surface area contributed by atoms with Gasteiger partial charge in [0.05, 0.1) is 11.3 Å². The van der Waals surface area contributed by atoms with Gasteiger partial charge in [-0.15, -0.1) is 5.10 Å². The lowest BCUT2D eigenvalue weighted by Gasteiger charge is -2.07. The van der Waals surface area contributed by atoms with Gasteiger partial charge in [-0.25, -0.2) is 14.3 Å². The minimum atomic E-state index is -1.22. The Balaban J connectivity index is 2.23. The van der Waals surface area contributed by atoms with Gasteiger partial charge in [0, 0.05) is 18.0 Å². The highest BCUT2D eigenvalue weighted by molar-refractivity contribution is 5.93. The third-order valence-corrected chi connectivity index (χ3v) is 3.16. The van der Waals surface area contributed by atoms with Crippen molar-refractivity contribution < 1.29 is 19.8 Å². The van der Waals surface area contributed by atoms with Crippen LogP contribution < -0.4 is 0 Å². The largest absolute Gasteiger partial charge is 0.478 e. The molecule has 23 heavy (non-hydrogen) atoms. The molecule has 3 rings (SSSR count). The van der Waals surface area contributed by atoms with Gasteiger partial charge in [-0.3, -0.25) is 4.98 Å². The number of carboxylic acid groups (broad SMARTS) is 2. The van der Waals surface area contributed by atoms with E-state index in [1.165, 1.54) is 29.2 Å². The maximum atomic E-state index is 11.4. The van der Waals surface area contributed by atoms with E-state index in [0.29, 0.717) is 11.3 Å². The van der Waals surface area contributed by atoms with Gasteiger partial charge in [0.1, 0.15) is 5.69 Å². The molecule has 8 nitrogen and oxygen atoms in total. The van der Waals surface area contributed by atoms with Gasteiger partial charge in [-0.05, 0) is 30.3 Å². The van der Waals surface area contributed by atoms with Crippen LogP contribution in [0.25, 0.3) is 16.9 Å². The summed E-state index contributed by atoms with van der Waals surface area (Å²) in [4.78, 5) is 26.4. The molecule has 0 aliphatic carbocycles. The van der Waals surface area contributed by atoms with E-state index in [2.05, 4.69) is 15.3 Å². The summed E-state index contributed by atoms with van der Waals surface area (Å²) < 4.78 is 1.30. The van der Waals surface area contributed by atoms with Crippen molar-refractivity contribution in [1.29, 1.82) is 0 Å². The third-order valence-electron chi connectivity index (χ3n) is 3.16. The molecule has 0 fully saturated rings. The summed E-state index contributed by atoms with van der Waals surface area (Å²) in [6, 6.07) is 9.26. The van der Waals surface area contributed by atoms with E-state index < -0.39 is 11.9 Å². The smallest absolute Gasteiger partial charge is 0.358 e. The molecule has 0 saturated carbocycles. The minimum Gasteiger partial charge on any atom is -0.478 e. The van der Waals surface area contributed by atoms with Crippen molar-refractivity contribution in [2.24, 2.45) is 0 Å². The normalized spacial score (nSPS) is 10.4. The zero-order valence-corrected chi connectivity index (χ0v) is 11.6. The Bertz CT molecular complexity index is 890. The number of aromatic carboxylic acids is 2. The number of aromatic nitrogens is 4. The maximum absolute atomic E-state index is 11.4. The highest BCUT2D eigenvalue weighted by Gasteiger charge is 2.21. The molecule has 0 radical (unpaired) electrons. The molecule has 0 aliphatic heterocycles. The molecular weight excluding hydrogens is 300 g/mol. The highest BCUT2D eigenvalue weighted by atomic mass is 16.4. The monoisotopic (exact) mass is 310 g/mol. The van der Waals surface area contributed by atoms with E-state index >= 15 is 0 Å². The van der Waals surface area contributed by atoms with Crippen molar-refractivity contribution in [3.05, 3.63) is 60.0 Å². The number of rotatable bonds is 4. The van der Waals surface area contributed by atoms with Crippen LogP contribution in [0.3, 0.4) is 0 Å². The number of hydrogen-bond donors (Lipinski definition) is 2. The van der Waals surface area contributed by atoms with Gasteiger partial charge in [0.2, 0.25) is 0 Å². The zero-order chi connectivity index (χ0) is 16.4. The van der Waals surface area contributed by atoms with Crippen LogP contribution in [0, 0.1) is 0 Å². The van der Waals surface area contributed by atoms with E-state index in [1.807, 2.05) is 0 Å². The first-order valence-electron chi connectivity index (χ1n) is 6.51. The van der Waals surface area contributed by atoms with E-state index in [0.717, 1.165) is 0 Å². The standard InChI is InChI=1S/C15H10N4O4/c20-14(21)10-2-1-3-11(8-10)19-13(9-4-6-16-7-5-9)12(15(22)23)17-18-19/h1-8H,(H,20,21)(H,22,23). The van der Waals surface area contributed by atoms with Gasteiger partial charge in [0.15, 0.2) is 5.69 Å². The molecule has 0 spiro atoms. The summed E-state index contributed by atoms with van der Waals surface area (Å²) in [5.74, 6) is -2.31. The Morgan fingerprint density at radius 2 is 1.74 bits per heavy atom. The van der Waals surface area contributed by atoms with Crippen molar-refractivity contribution in [2.45, 2.75) is 0 Å². The molecule has 3 aromatic rings. The van der Waals surface area contributed by atoms with Crippen LogP contribution in [0.1, 0.15) is 20.8 Å². The van der Waals surface area contributed by atoms with Crippen molar-refractivity contribution >= 4 is 11.9 Å². The molecule has 2 N–H and O–H groups in total. The molecule has 0 atom stereocenters. The van der Waals surface area contributed by atoms with Crippen LogP contribution in [0.5, 0.6) is 0 Å². The van der Waals surface area contributed by atoms with E-state index in [4.69, 9.17) is 5.11 Å². The lowest BCUT2D eigenvalue weighted by atomic mass is 10.1. The van der Waals surface area contributed by atoms with Crippen molar-refractivity contribution in [3.8, 4) is 16.9 Å². The van der Waals surface area contributed by atoms with Crippen molar-refractivity contribution in [2.75, 3.05) is 0 Å². The Morgan fingerprint density at radius 3 is 2.39 bits per heavy atom. The van der Waals surface area contributed by atoms with Gasteiger partial charge < -0.3 is 10.2 Å². The SMILES string of the molecule is O=C(O)c1cccc(-n2nnc(C(=O)O)c2-c2ccncc2)c1. The van der Waals surface area contributed by atoms with Crippen LogP contribution >= 0.6 is 0 Å². The Morgan fingerprint density at radius 1 is 1.00 bits per heavy atom. The molecule has 1 aromatic carbocycles. The maximum Gasteiger partial charge on any atom is 0.358 e. The summed E-state index contributed by atoms with van der Waals surface area (Å²) >= 11 is 0. The molecule has 0 aliphatic rings. The van der Waals surface area contributed by atoms with Crippen LogP contribution in [0.2, 0.25) is 0 Å². The second-order valence-corrected chi connectivity index (χ2v) is 4.59.